The molecular weight excluding hydrogens is 228 g/mol. The van der Waals surface area contributed by atoms with Crippen LogP contribution in [0.3, 0.4) is 0 Å². The molecule has 0 aromatic carbocycles. The standard InChI is InChI=1S/C10H18N2O3S/c1-3-15-8(13)5-4-6-12-10(14)7(2)9(11)16/h7H,3-6H2,1-2H3,(H2,11,16)(H,12,14). The SMILES string of the molecule is CCOC(=O)CCCNC(=O)C(C)C(N)=S. The summed E-state index contributed by atoms with van der Waals surface area (Å²) in [5.74, 6) is -0.937. The van der Waals surface area contributed by atoms with Crippen LogP contribution in [0.1, 0.15) is 26.7 Å². The average molecular weight is 246 g/mol. The zero-order valence-corrected chi connectivity index (χ0v) is 10.4. The molecular formula is C10H18N2O3S. The summed E-state index contributed by atoms with van der Waals surface area (Å²) in [4.78, 5) is 22.5. The second kappa shape index (κ2) is 8.04. The molecule has 0 aromatic heterocycles. The van der Waals surface area contributed by atoms with Crippen LogP contribution in [0.25, 0.3) is 0 Å². The number of amides is 1. The van der Waals surface area contributed by atoms with Crippen molar-refractivity contribution in [3.05, 3.63) is 0 Å². The molecule has 92 valence electrons. The van der Waals surface area contributed by atoms with Gasteiger partial charge in [0, 0.05) is 13.0 Å². The number of nitrogens with two attached hydrogens (primary N) is 1. The summed E-state index contributed by atoms with van der Waals surface area (Å²) in [6, 6.07) is 0. The van der Waals surface area contributed by atoms with Crippen LogP contribution in [0.5, 0.6) is 0 Å². The Labute approximate surface area is 101 Å². The molecule has 6 heteroatoms. The smallest absolute Gasteiger partial charge is 0.305 e. The van der Waals surface area contributed by atoms with Gasteiger partial charge < -0.3 is 15.8 Å². The van der Waals surface area contributed by atoms with Gasteiger partial charge in [-0.3, -0.25) is 9.59 Å². The Morgan fingerprint density at radius 1 is 1.50 bits per heavy atom. The van der Waals surface area contributed by atoms with Crippen LogP contribution in [-0.4, -0.2) is 30.0 Å². The summed E-state index contributed by atoms with van der Waals surface area (Å²) in [7, 11) is 0. The van der Waals surface area contributed by atoms with Crippen LogP contribution in [0.4, 0.5) is 0 Å². The van der Waals surface area contributed by atoms with Gasteiger partial charge in [0.05, 0.1) is 17.5 Å². The third-order valence-corrected chi connectivity index (χ3v) is 2.34. The predicted molar refractivity (Wildman–Crippen MR) is 64.8 cm³/mol. The maximum Gasteiger partial charge on any atom is 0.305 e. The van der Waals surface area contributed by atoms with Gasteiger partial charge in [0.2, 0.25) is 5.91 Å². The van der Waals surface area contributed by atoms with E-state index in [-0.39, 0.29) is 16.9 Å². The van der Waals surface area contributed by atoms with E-state index in [2.05, 4.69) is 5.32 Å². The molecule has 0 spiro atoms. The summed E-state index contributed by atoms with van der Waals surface area (Å²) in [5, 5.41) is 2.65. The van der Waals surface area contributed by atoms with Crippen molar-refractivity contribution in [2.45, 2.75) is 26.7 Å². The highest BCUT2D eigenvalue weighted by molar-refractivity contribution is 7.80. The fourth-order valence-electron chi connectivity index (χ4n) is 0.960. The first kappa shape index (κ1) is 14.8. The average Bonchev–Trinajstić information content (AvgIpc) is 2.23. The van der Waals surface area contributed by atoms with Crippen molar-refractivity contribution in [1.29, 1.82) is 0 Å². The molecule has 3 N–H and O–H groups in total. The minimum atomic E-state index is -0.474. The summed E-state index contributed by atoms with van der Waals surface area (Å²) >= 11 is 4.69. The number of hydrogen-bond donors (Lipinski definition) is 2. The molecule has 1 unspecified atom stereocenters. The van der Waals surface area contributed by atoms with Crippen molar-refractivity contribution >= 4 is 29.1 Å². The van der Waals surface area contributed by atoms with E-state index >= 15 is 0 Å². The summed E-state index contributed by atoms with van der Waals surface area (Å²) < 4.78 is 4.74. The van der Waals surface area contributed by atoms with E-state index < -0.39 is 5.92 Å². The highest BCUT2D eigenvalue weighted by atomic mass is 32.1. The fraction of sp³-hybridized carbons (Fsp3) is 0.700. The monoisotopic (exact) mass is 246 g/mol. The lowest BCUT2D eigenvalue weighted by Crippen LogP contribution is -2.36. The van der Waals surface area contributed by atoms with Crippen LogP contribution >= 0.6 is 12.2 Å². The molecule has 0 aliphatic rings. The Hall–Kier alpha value is -1.17. The van der Waals surface area contributed by atoms with Crippen LogP contribution < -0.4 is 11.1 Å². The largest absolute Gasteiger partial charge is 0.466 e. The van der Waals surface area contributed by atoms with Gasteiger partial charge in [0.1, 0.15) is 0 Å². The minimum Gasteiger partial charge on any atom is -0.466 e. The second-order valence-corrected chi connectivity index (χ2v) is 3.80. The number of rotatable bonds is 7. The molecule has 1 atom stereocenters. The highest BCUT2D eigenvalue weighted by Gasteiger charge is 2.14. The fourth-order valence-corrected chi connectivity index (χ4v) is 1.07. The van der Waals surface area contributed by atoms with Gasteiger partial charge in [-0.1, -0.05) is 12.2 Å². The first-order valence-electron chi connectivity index (χ1n) is 5.21. The molecule has 0 radical (unpaired) electrons. The minimum absolute atomic E-state index is 0.169. The summed E-state index contributed by atoms with van der Waals surface area (Å²) in [6.07, 6.45) is 0.851. The molecule has 0 saturated carbocycles. The molecule has 16 heavy (non-hydrogen) atoms. The van der Waals surface area contributed by atoms with Gasteiger partial charge in [-0.25, -0.2) is 0 Å². The molecule has 0 bridgehead atoms. The molecule has 0 aliphatic carbocycles. The number of nitrogens with one attached hydrogen (secondary N) is 1. The normalized spacial score (nSPS) is 11.6. The Morgan fingerprint density at radius 3 is 2.62 bits per heavy atom. The number of carbonyl (C=O) groups is 2. The van der Waals surface area contributed by atoms with Crippen molar-refractivity contribution in [3.63, 3.8) is 0 Å². The zero-order chi connectivity index (χ0) is 12.6. The van der Waals surface area contributed by atoms with Crippen LogP contribution in [0.15, 0.2) is 0 Å². The van der Waals surface area contributed by atoms with Crippen molar-refractivity contribution in [1.82, 2.24) is 5.32 Å². The van der Waals surface area contributed by atoms with Crippen LogP contribution in [0, 0.1) is 5.92 Å². The molecule has 0 fully saturated rings. The number of esters is 1. The van der Waals surface area contributed by atoms with E-state index in [0.717, 1.165) is 0 Å². The van der Waals surface area contributed by atoms with E-state index in [1.807, 2.05) is 0 Å². The van der Waals surface area contributed by atoms with Gasteiger partial charge in [-0.05, 0) is 20.3 Å². The van der Waals surface area contributed by atoms with E-state index in [0.29, 0.717) is 26.0 Å². The van der Waals surface area contributed by atoms with Gasteiger partial charge in [-0.2, -0.15) is 0 Å². The van der Waals surface area contributed by atoms with E-state index in [9.17, 15) is 9.59 Å². The zero-order valence-electron chi connectivity index (χ0n) is 9.62. The number of ether oxygens (including phenoxy) is 1. The number of hydrogen-bond acceptors (Lipinski definition) is 4. The molecule has 0 rings (SSSR count). The molecule has 0 aliphatic heterocycles. The molecule has 0 saturated heterocycles. The number of carbonyl (C=O) groups excluding carboxylic acids is 2. The van der Waals surface area contributed by atoms with Gasteiger partial charge in [0.15, 0.2) is 0 Å². The van der Waals surface area contributed by atoms with E-state index in [1.54, 1.807) is 13.8 Å². The Balaban J connectivity index is 3.63. The third-order valence-electron chi connectivity index (χ3n) is 1.98. The number of thiocarbonyl (C=S) groups is 1. The maximum atomic E-state index is 11.4. The Morgan fingerprint density at radius 2 is 2.12 bits per heavy atom. The molecule has 0 aromatic rings. The molecule has 0 heterocycles. The summed E-state index contributed by atoms with van der Waals surface area (Å²) in [5.41, 5.74) is 5.33. The quantitative estimate of drug-likeness (QED) is 0.385. The lowest BCUT2D eigenvalue weighted by atomic mass is 10.1. The Bertz CT molecular complexity index is 269. The van der Waals surface area contributed by atoms with Gasteiger partial charge >= 0.3 is 5.97 Å². The van der Waals surface area contributed by atoms with E-state index in [4.69, 9.17) is 22.7 Å². The Kier molecular flexibility index (Phi) is 7.45. The first-order chi connectivity index (χ1) is 7.49. The third kappa shape index (κ3) is 6.34. The second-order valence-electron chi connectivity index (χ2n) is 3.32. The van der Waals surface area contributed by atoms with Crippen LogP contribution in [0.2, 0.25) is 0 Å². The summed E-state index contributed by atoms with van der Waals surface area (Å²) in [6.45, 7) is 4.20. The molecule has 1 amide bonds. The highest BCUT2D eigenvalue weighted by Crippen LogP contribution is 1.96. The van der Waals surface area contributed by atoms with Crippen molar-refractivity contribution < 1.29 is 14.3 Å². The maximum absolute atomic E-state index is 11.4. The topological polar surface area (TPSA) is 81.4 Å². The van der Waals surface area contributed by atoms with Gasteiger partial charge in [0.25, 0.3) is 0 Å². The lowest BCUT2D eigenvalue weighted by Gasteiger charge is -2.10. The van der Waals surface area contributed by atoms with Crippen molar-refractivity contribution in [2.24, 2.45) is 11.7 Å². The van der Waals surface area contributed by atoms with Crippen LogP contribution in [-0.2, 0) is 14.3 Å². The first-order valence-corrected chi connectivity index (χ1v) is 5.62. The van der Waals surface area contributed by atoms with Crippen molar-refractivity contribution in [2.75, 3.05) is 13.2 Å². The van der Waals surface area contributed by atoms with Crippen molar-refractivity contribution in [3.8, 4) is 0 Å². The van der Waals surface area contributed by atoms with Gasteiger partial charge in [-0.15, -0.1) is 0 Å². The molecule has 5 nitrogen and oxygen atoms in total. The van der Waals surface area contributed by atoms with E-state index in [1.165, 1.54) is 0 Å². The predicted octanol–water partition coefficient (Wildman–Crippen LogP) is 0.368. The lowest BCUT2D eigenvalue weighted by molar-refractivity contribution is -0.143.